The molecule has 2 aromatic carbocycles. The predicted octanol–water partition coefficient (Wildman–Crippen LogP) is 4.15. The van der Waals surface area contributed by atoms with Crippen LogP contribution in [0.5, 0.6) is 5.88 Å². The van der Waals surface area contributed by atoms with Crippen molar-refractivity contribution in [3.63, 3.8) is 0 Å². The van der Waals surface area contributed by atoms with E-state index >= 15 is 0 Å². The molecule has 1 aromatic heterocycles. The number of hydrogen-bond acceptors (Lipinski definition) is 8. The summed E-state index contributed by atoms with van der Waals surface area (Å²) in [6.07, 6.45) is -2.54. The lowest BCUT2D eigenvalue weighted by Crippen LogP contribution is -2.32. The summed E-state index contributed by atoms with van der Waals surface area (Å²) in [5, 5.41) is 42.0. The second kappa shape index (κ2) is 11.4. The number of thiocarbonyl (C=S) groups is 1. The van der Waals surface area contributed by atoms with Gasteiger partial charge in [-0.25, -0.2) is 4.39 Å². The zero-order valence-corrected chi connectivity index (χ0v) is 19.4. The van der Waals surface area contributed by atoms with Gasteiger partial charge in [-0.1, -0.05) is 18.2 Å². The van der Waals surface area contributed by atoms with E-state index in [4.69, 9.17) is 21.7 Å². The summed E-state index contributed by atoms with van der Waals surface area (Å²) in [6, 6.07) is 12.0. The Hall–Kier alpha value is -3.00. The van der Waals surface area contributed by atoms with E-state index in [2.05, 4.69) is 20.3 Å². The van der Waals surface area contributed by atoms with E-state index in [0.717, 1.165) is 0 Å². The molecule has 4 unspecified atom stereocenters. The molecule has 0 saturated carbocycles. The molecule has 3 rings (SSSR count). The van der Waals surface area contributed by atoms with E-state index in [-0.39, 0.29) is 22.1 Å². The maximum atomic E-state index is 14.0. The third-order valence-electron chi connectivity index (χ3n) is 4.84. The van der Waals surface area contributed by atoms with Gasteiger partial charge in [0.1, 0.15) is 5.82 Å². The van der Waals surface area contributed by atoms with Crippen LogP contribution in [0.3, 0.4) is 0 Å². The zero-order chi connectivity index (χ0) is 24.8. The Morgan fingerprint density at radius 3 is 2.50 bits per heavy atom. The number of rotatable bonds is 9. The average Bonchev–Trinajstić information content (AvgIpc) is 3.07. The number of aliphatic hydroxyl groups is 2. The van der Waals surface area contributed by atoms with Crippen LogP contribution >= 0.6 is 12.2 Å². The largest absolute Gasteiger partial charge is 0.493 e. The van der Waals surface area contributed by atoms with Gasteiger partial charge in [-0.3, -0.25) is 0 Å². The Morgan fingerprint density at radius 2 is 1.82 bits per heavy atom. The fourth-order valence-electron chi connectivity index (χ4n) is 3.22. The monoisotopic (exact) mass is 492 g/mol. The van der Waals surface area contributed by atoms with E-state index in [9.17, 15) is 19.7 Å². The van der Waals surface area contributed by atoms with Crippen molar-refractivity contribution in [2.75, 3.05) is 12.4 Å². The Morgan fingerprint density at radius 1 is 1.12 bits per heavy atom. The minimum absolute atomic E-state index is 0.0296. The molecule has 1 heterocycles. The van der Waals surface area contributed by atoms with Gasteiger partial charge < -0.3 is 39.4 Å². The molecule has 0 aliphatic carbocycles. The summed E-state index contributed by atoms with van der Waals surface area (Å²) in [5.41, 5.74) is 1.04. The molecule has 0 saturated heterocycles. The first-order chi connectivity index (χ1) is 16.2. The molecular formula is C22H25FN4O6S. The van der Waals surface area contributed by atoms with E-state index in [1.54, 1.807) is 19.1 Å². The first-order valence-corrected chi connectivity index (χ1v) is 10.6. The standard InChI is InChI=1S/C22H25FN4O6S/c1-12(20(29)32-13(2)33-22(30)31-3)27-17-10-9-14(23)11-16(17)18(19(27)28)25-26-21(34)24-15-7-5-4-6-8-15/h4-13,20,22,28-30H,1-3H3,(H,24,34). The van der Waals surface area contributed by atoms with Crippen molar-refractivity contribution in [2.45, 2.75) is 38.9 Å². The molecule has 10 nitrogen and oxygen atoms in total. The lowest BCUT2D eigenvalue weighted by Gasteiger charge is -2.26. The first-order valence-electron chi connectivity index (χ1n) is 10.2. The molecule has 0 radical (unpaired) electrons. The fraction of sp³-hybridized carbons (Fsp3) is 0.318. The van der Waals surface area contributed by atoms with Gasteiger partial charge in [0.2, 0.25) is 11.0 Å². The topological polar surface area (TPSA) is 130 Å². The van der Waals surface area contributed by atoms with Gasteiger partial charge in [0.25, 0.3) is 6.48 Å². The number of nitrogens with zero attached hydrogens (tertiary/aromatic N) is 3. The van der Waals surface area contributed by atoms with Crippen molar-refractivity contribution >= 4 is 39.6 Å². The van der Waals surface area contributed by atoms with Gasteiger partial charge >= 0.3 is 0 Å². The smallest absolute Gasteiger partial charge is 0.271 e. The summed E-state index contributed by atoms with van der Waals surface area (Å²) in [4.78, 5) is 0. The van der Waals surface area contributed by atoms with E-state index < -0.39 is 30.9 Å². The van der Waals surface area contributed by atoms with Crippen LogP contribution in [0.15, 0.2) is 58.8 Å². The van der Waals surface area contributed by atoms with Crippen LogP contribution in [0.25, 0.3) is 10.9 Å². The number of azo groups is 1. The molecule has 0 spiro atoms. The lowest BCUT2D eigenvalue weighted by molar-refractivity contribution is -0.336. The van der Waals surface area contributed by atoms with Crippen molar-refractivity contribution in [3.05, 3.63) is 54.3 Å². The van der Waals surface area contributed by atoms with E-state index in [1.165, 1.54) is 36.8 Å². The lowest BCUT2D eigenvalue weighted by atomic mass is 10.2. The molecule has 12 heteroatoms. The molecular weight excluding hydrogens is 467 g/mol. The number of aromatic hydroxyl groups is 1. The fourth-order valence-corrected chi connectivity index (χ4v) is 3.38. The van der Waals surface area contributed by atoms with Crippen LogP contribution < -0.4 is 5.32 Å². The van der Waals surface area contributed by atoms with Crippen molar-refractivity contribution in [3.8, 4) is 5.88 Å². The third-order valence-corrected chi connectivity index (χ3v) is 5.02. The summed E-state index contributed by atoms with van der Waals surface area (Å²) >= 11 is 5.18. The Labute approximate surface area is 200 Å². The summed E-state index contributed by atoms with van der Waals surface area (Å²) in [5.74, 6) is -0.932. The van der Waals surface area contributed by atoms with Crippen LogP contribution in [0.2, 0.25) is 0 Å². The molecule has 4 N–H and O–H groups in total. The Kier molecular flexibility index (Phi) is 8.61. The number of methoxy groups -OCH3 is 1. The molecule has 3 aromatic rings. The van der Waals surface area contributed by atoms with E-state index in [1.807, 2.05) is 18.2 Å². The van der Waals surface area contributed by atoms with Crippen LogP contribution in [0.1, 0.15) is 19.9 Å². The number of aliphatic hydroxyl groups excluding tert-OH is 2. The molecule has 34 heavy (non-hydrogen) atoms. The minimum atomic E-state index is -1.54. The molecule has 0 fully saturated rings. The SMILES string of the molecule is COC(O)OC(C)OC(O)C(C)n1c(O)c(N=NC(=S)Nc2ccccc2)c2cc(F)ccc21. The predicted molar refractivity (Wildman–Crippen MR) is 126 cm³/mol. The Bertz CT molecular complexity index is 1160. The van der Waals surface area contributed by atoms with Gasteiger partial charge in [0.15, 0.2) is 18.3 Å². The number of hydrogen-bond donors (Lipinski definition) is 4. The normalized spacial score (nSPS) is 15.4. The van der Waals surface area contributed by atoms with Gasteiger partial charge in [0, 0.05) is 18.2 Å². The highest BCUT2D eigenvalue weighted by molar-refractivity contribution is 7.80. The van der Waals surface area contributed by atoms with Crippen LogP contribution in [-0.2, 0) is 14.2 Å². The average molecular weight is 493 g/mol. The second-order valence-corrected chi connectivity index (χ2v) is 7.60. The highest BCUT2D eigenvalue weighted by Crippen LogP contribution is 2.42. The number of para-hydroxylation sites is 1. The van der Waals surface area contributed by atoms with Gasteiger partial charge in [-0.2, -0.15) is 0 Å². The van der Waals surface area contributed by atoms with Crippen LogP contribution in [-0.4, -0.2) is 51.2 Å². The third kappa shape index (κ3) is 6.11. The van der Waals surface area contributed by atoms with Crippen molar-refractivity contribution in [2.24, 2.45) is 10.2 Å². The van der Waals surface area contributed by atoms with Gasteiger partial charge in [-0.15, -0.1) is 10.2 Å². The molecule has 0 aliphatic rings. The molecule has 182 valence electrons. The summed E-state index contributed by atoms with van der Waals surface area (Å²) < 4.78 is 30.2. The number of nitrogens with one attached hydrogen (secondary N) is 1. The quantitative estimate of drug-likeness (QED) is 0.199. The zero-order valence-electron chi connectivity index (χ0n) is 18.6. The maximum Gasteiger partial charge on any atom is 0.271 e. The summed E-state index contributed by atoms with van der Waals surface area (Å²) in [6.45, 7) is 1.47. The first kappa shape index (κ1) is 25.6. The summed E-state index contributed by atoms with van der Waals surface area (Å²) in [7, 11) is 1.23. The molecule has 0 aliphatic heterocycles. The van der Waals surface area contributed by atoms with Crippen LogP contribution in [0, 0.1) is 5.82 Å². The number of anilines is 1. The number of aromatic nitrogens is 1. The molecule has 0 amide bonds. The highest BCUT2D eigenvalue weighted by Gasteiger charge is 2.27. The highest BCUT2D eigenvalue weighted by atomic mass is 32.1. The van der Waals surface area contributed by atoms with Gasteiger partial charge in [0.05, 0.1) is 11.6 Å². The number of ether oxygens (including phenoxy) is 3. The number of fused-ring (bicyclic) bond motifs is 1. The van der Waals surface area contributed by atoms with Crippen molar-refractivity contribution in [1.82, 2.24) is 4.57 Å². The van der Waals surface area contributed by atoms with Gasteiger partial charge in [-0.05, 0) is 56.4 Å². The van der Waals surface area contributed by atoms with Crippen molar-refractivity contribution < 1.29 is 33.9 Å². The second-order valence-electron chi connectivity index (χ2n) is 7.21. The molecule has 0 bridgehead atoms. The van der Waals surface area contributed by atoms with Crippen LogP contribution in [0.4, 0.5) is 15.8 Å². The Balaban J connectivity index is 1.88. The van der Waals surface area contributed by atoms with Crippen molar-refractivity contribution in [1.29, 1.82) is 0 Å². The maximum absolute atomic E-state index is 14.0. The number of benzene rings is 2. The minimum Gasteiger partial charge on any atom is -0.493 e. The molecule has 4 atom stereocenters. The van der Waals surface area contributed by atoms with E-state index in [0.29, 0.717) is 11.2 Å². The number of halogens is 1.